The third kappa shape index (κ3) is 6.64. The van der Waals surface area contributed by atoms with E-state index in [-0.39, 0.29) is 11.6 Å². The molecule has 0 atom stereocenters. The number of para-hydroxylation sites is 1. The maximum Gasteiger partial charge on any atom is 0.425 e. The van der Waals surface area contributed by atoms with E-state index in [4.69, 9.17) is 9.47 Å². The van der Waals surface area contributed by atoms with E-state index in [1.165, 1.54) is 25.4 Å². The van der Waals surface area contributed by atoms with E-state index in [0.29, 0.717) is 11.5 Å². The van der Waals surface area contributed by atoms with E-state index in [1.54, 1.807) is 27.2 Å². The topological polar surface area (TPSA) is 74.7 Å². The lowest BCUT2D eigenvalue weighted by atomic mass is 10.0. The molecule has 0 bridgehead atoms. The molecule has 1 heterocycles. The average molecular weight is 517 g/mol. The smallest absolute Gasteiger partial charge is 0.425 e. The first-order valence-corrected chi connectivity index (χ1v) is 13.2. The fourth-order valence-corrected chi connectivity index (χ4v) is 5.24. The van der Waals surface area contributed by atoms with E-state index in [0.717, 1.165) is 50.8 Å². The SMILES string of the molecule is Cc1cc(C)c(N=CN(C)C(=O)N(C)SSN(C)C(=O)Oc2cccc3c2OC(C)(C)C3)c(C)c1. The molecule has 35 heavy (non-hydrogen) atoms. The normalized spacial score (nSPS) is 13.8. The van der Waals surface area contributed by atoms with Crippen LogP contribution in [0.5, 0.6) is 11.5 Å². The molecule has 1 aliphatic heterocycles. The second-order valence-electron chi connectivity index (χ2n) is 9.18. The second-order valence-corrected chi connectivity index (χ2v) is 11.5. The summed E-state index contributed by atoms with van der Waals surface area (Å²) in [6, 6.07) is 9.37. The minimum atomic E-state index is -0.565. The Morgan fingerprint density at radius 1 is 1.06 bits per heavy atom. The van der Waals surface area contributed by atoms with E-state index in [9.17, 15) is 9.59 Å². The van der Waals surface area contributed by atoms with Crippen LogP contribution in [-0.4, -0.2) is 58.7 Å². The van der Waals surface area contributed by atoms with Gasteiger partial charge in [-0.3, -0.25) is 9.21 Å². The van der Waals surface area contributed by atoms with Gasteiger partial charge >= 0.3 is 12.1 Å². The summed E-state index contributed by atoms with van der Waals surface area (Å²) in [4.78, 5) is 31.2. The van der Waals surface area contributed by atoms with E-state index < -0.39 is 6.09 Å². The number of ether oxygens (including phenoxy) is 2. The van der Waals surface area contributed by atoms with Gasteiger partial charge in [0.1, 0.15) is 5.60 Å². The molecule has 10 heteroatoms. The lowest BCUT2D eigenvalue weighted by Gasteiger charge is -2.22. The zero-order valence-corrected chi connectivity index (χ0v) is 23.0. The number of amides is 3. The monoisotopic (exact) mass is 516 g/mol. The highest BCUT2D eigenvalue weighted by Crippen LogP contribution is 2.42. The number of aryl methyl sites for hydroxylation is 3. The van der Waals surface area contributed by atoms with Crippen molar-refractivity contribution in [2.24, 2.45) is 4.99 Å². The summed E-state index contributed by atoms with van der Waals surface area (Å²) in [7, 11) is 7.04. The van der Waals surface area contributed by atoms with Crippen molar-refractivity contribution in [3.8, 4) is 11.5 Å². The third-order valence-corrected chi connectivity index (χ3v) is 7.69. The van der Waals surface area contributed by atoms with Gasteiger partial charge in [0, 0.05) is 55.1 Å². The van der Waals surface area contributed by atoms with Crippen LogP contribution in [0, 0.1) is 20.8 Å². The second kappa shape index (κ2) is 10.8. The minimum Gasteiger partial charge on any atom is -0.483 e. The Balaban J connectivity index is 1.54. The lowest BCUT2D eigenvalue weighted by Crippen LogP contribution is -2.34. The van der Waals surface area contributed by atoms with E-state index in [2.05, 4.69) is 17.1 Å². The first-order chi connectivity index (χ1) is 16.4. The van der Waals surface area contributed by atoms with Crippen molar-refractivity contribution in [3.63, 3.8) is 0 Å². The molecule has 0 N–H and O–H groups in total. The van der Waals surface area contributed by atoms with Crippen molar-refractivity contribution in [2.75, 3.05) is 21.1 Å². The molecule has 3 rings (SSSR count). The molecule has 3 amide bonds. The maximum absolute atomic E-state index is 12.7. The van der Waals surface area contributed by atoms with Gasteiger partial charge in [0.15, 0.2) is 11.5 Å². The van der Waals surface area contributed by atoms with Gasteiger partial charge < -0.3 is 9.47 Å². The van der Waals surface area contributed by atoms with Crippen LogP contribution >= 0.6 is 22.0 Å². The van der Waals surface area contributed by atoms with Crippen molar-refractivity contribution in [2.45, 2.75) is 46.6 Å². The number of hydrogen-bond donors (Lipinski definition) is 0. The molecule has 1 aliphatic rings. The summed E-state index contributed by atoms with van der Waals surface area (Å²) < 4.78 is 14.3. The Bertz CT molecular complexity index is 1130. The first kappa shape index (κ1) is 26.7. The number of carbonyl (C=O) groups excluding carboxylic acids is 2. The molecule has 0 aliphatic carbocycles. The standard InChI is InChI=1S/C25H32N4O4S2/c1-16-12-17(2)21(18(3)13-16)26-15-27(6)23(30)28(7)34-35-29(8)24(31)32-20-11-9-10-19-14-25(4,5)33-22(19)20/h9-13,15H,14H2,1-8H3. The Morgan fingerprint density at radius 2 is 1.69 bits per heavy atom. The summed E-state index contributed by atoms with van der Waals surface area (Å²) in [6.45, 7) is 10.0. The summed E-state index contributed by atoms with van der Waals surface area (Å²) >= 11 is 0. The maximum atomic E-state index is 12.7. The van der Waals surface area contributed by atoms with Gasteiger partial charge in [-0.15, -0.1) is 0 Å². The molecule has 2 aromatic rings. The number of rotatable bonds is 6. The predicted molar refractivity (Wildman–Crippen MR) is 144 cm³/mol. The molecule has 0 saturated heterocycles. The van der Waals surface area contributed by atoms with Gasteiger partial charge in [-0.25, -0.2) is 18.9 Å². The highest BCUT2D eigenvalue weighted by atomic mass is 33.1. The molecule has 188 valence electrons. The van der Waals surface area contributed by atoms with Gasteiger partial charge in [-0.05, 0) is 51.8 Å². The molecule has 0 spiro atoms. The van der Waals surface area contributed by atoms with Crippen molar-refractivity contribution in [1.29, 1.82) is 0 Å². The highest BCUT2D eigenvalue weighted by molar-refractivity contribution is 8.75. The van der Waals surface area contributed by atoms with Crippen molar-refractivity contribution < 1.29 is 19.1 Å². The third-order valence-electron chi connectivity index (χ3n) is 5.33. The Labute approximate surface area is 215 Å². The fraction of sp³-hybridized carbons (Fsp3) is 0.400. The van der Waals surface area contributed by atoms with Gasteiger partial charge in [0.2, 0.25) is 0 Å². The Hall–Kier alpha value is -2.85. The van der Waals surface area contributed by atoms with E-state index in [1.807, 2.05) is 46.8 Å². The van der Waals surface area contributed by atoms with Crippen LogP contribution in [0.25, 0.3) is 0 Å². The largest absolute Gasteiger partial charge is 0.483 e. The van der Waals surface area contributed by atoms with Crippen molar-refractivity contribution >= 4 is 46.1 Å². The average Bonchev–Trinajstić information content (AvgIpc) is 3.10. The molecule has 8 nitrogen and oxygen atoms in total. The number of hydrogen-bond acceptors (Lipinski definition) is 7. The molecule has 0 fully saturated rings. The zero-order chi connectivity index (χ0) is 25.9. The quantitative estimate of drug-likeness (QED) is 0.194. The van der Waals surface area contributed by atoms with Gasteiger partial charge in [-0.1, -0.05) is 29.8 Å². The van der Waals surface area contributed by atoms with Crippen LogP contribution < -0.4 is 9.47 Å². The lowest BCUT2D eigenvalue weighted by molar-refractivity contribution is 0.132. The van der Waals surface area contributed by atoms with Crippen LogP contribution in [0.3, 0.4) is 0 Å². The van der Waals surface area contributed by atoms with Crippen LogP contribution in [0.4, 0.5) is 15.3 Å². The van der Waals surface area contributed by atoms with E-state index >= 15 is 0 Å². The number of carbonyl (C=O) groups is 2. The van der Waals surface area contributed by atoms with Crippen LogP contribution in [-0.2, 0) is 6.42 Å². The predicted octanol–water partition coefficient (Wildman–Crippen LogP) is 6.31. The molecule has 0 radical (unpaired) electrons. The summed E-state index contributed by atoms with van der Waals surface area (Å²) in [5.74, 6) is 0.988. The zero-order valence-electron chi connectivity index (χ0n) is 21.4. The van der Waals surface area contributed by atoms with Gasteiger partial charge in [0.25, 0.3) is 0 Å². The van der Waals surface area contributed by atoms with Crippen LogP contribution in [0.2, 0.25) is 0 Å². The van der Waals surface area contributed by atoms with Crippen LogP contribution in [0.15, 0.2) is 35.3 Å². The molecule has 0 aromatic heterocycles. The van der Waals surface area contributed by atoms with Crippen molar-refractivity contribution in [3.05, 3.63) is 52.6 Å². The molecular weight excluding hydrogens is 484 g/mol. The number of urea groups is 1. The number of aliphatic imine (C=N–C) groups is 1. The first-order valence-electron chi connectivity index (χ1n) is 11.1. The van der Waals surface area contributed by atoms with Crippen LogP contribution in [0.1, 0.15) is 36.1 Å². The number of nitrogens with zero attached hydrogens (tertiary/aromatic N) is 4. The number of fused-ring (bicyclic) bond motifs is 1. The molecule has 2 aromatic carbocycles. The van der Waals surface area contributed by atoms with Gasteiger partial charge in [0.05, 0.1) is 12.0 Å². The molecular formula is C25H32N4O4S2. The summed E-state index contributed by atoms with van der Waals surface area (Å²) in [5, 5.41) is 0. The van der Waals surface area contributed by atoms with Crippen molar-refractivity contribution in [1.82, 2.24) is 13.5 Å². The molecule has 0 unspecified atom stereocenters. The summed E-state index contributed by atoms with van der Waals surface area (Å²) in [6.07, 6.45) is 1.69. The highest BCUT2D eigenvalue weighted by Gasteiger charge is 2.33. The number of benzene rings is 2. The molecule has 0 saturated carbocycles. The Morgan fingerprint density at radius 3 is 2.34 bits per heavy atom. The minimum absolute atomic E-state index is 0.285. The Kier molecular flexibility index (Phi) is 8.27. The summed E-state index contributed by atoms with van der Waals surface area (Å²) in [5.41, 5.74) is 4.80. The van der Waals surface area contributed by atoms with Gasteiger partial charge in [-0.2, -0.15) is 0 Å². The fourth-order valence-electron chi connectivity index (χ4n) is 3.78.